The van der Waals surface area contributed by atoms with Gasteiger partial charge in [0.2, 0.25) is 5.89 Å². The lowest BCUT2D eigenvalue weighted by Crippen LogP contribution is -2.02. The fraction of sp³-hybridized carbons (Fsp3) is 0.273. The van der Waals surface area contributed by atoms with Crippen LogP contribution < -0.4 is 5.73 Å². The van der Waals surface area contributed by atoms with Gasteiger partial charge in [-0.25, -0.2) is 0 Å². The van der Waals surface area contributed by atoms with Crippen molar-refractivity contribution in [3.05, 3.63) is 34.1 Å². The molecular weight excluding hydrogens is 302 g/mol. The monoisotopic (exact) mass is 313 g/mol. The summed E-state index contributed by atoms with van der Waals surface area (Å²) in [5, 5.41) is 8.29. The highest BCUT2D eigenvalue weighted by Crippen LogP contribution is 2.33. The van der Waals surface area contributed by atoms with E-state index in [0.29, 0.717) is 17.7 Å². The molecule has 6 heteroatoms. The molecule has 0 radical (unpaired) electrons. The largest absolute Gasteiger partial charge is 0.416 e. The molecule has 17 heavy (non-hydrogen) atoms. The molecule has 1 aromatic heterocycles. The predicted octanol–water partition coefficient (Wildman–Crippen LogP) is 2.79. The number of nitrogens with two attached hydrogens (primary N) is 1. The van der Waals surface area contributed by atoms with E-state index in [2.05, 4.69) is 38.3 Å². The maximum absolute atomic E-state index is 5.52. The van der Waals surface area contributed by atoms with Crippen molar-refractivity contribution >= 4 is 27.7 Å². The fourth-order valence-electron chi connectivity index (χ4n) is 1.36. The Morgan fingerprint density at radius 1 is 1.41 bits per heavy atom. The maximum atomic E-state index is 5.52. The number of halogens is 1. The molecule has 2 rings (SSSR count). The highest BCUT2D eigenvalue weighted by Gasteiger charge is 2.08. The van der Waals surface area contributed by atoms with Gasteiger partial charge in [0.05, 0.1) is 0 Å². The van der Waals surface area contributed by atoms with Crippen LogP contribution in [0, 0.1) is 6.92 Å². The van der Waals surface area contributed by atoms with Gasteiger partial charge < -0.3 is 10.2 Å². The second-order valence-corrected chi connectivity index (χ2v) is 5.34. The number of rotatable bonds is 4. The SMILES string of the molecule is Cc1nnc(Sc2ccc(CCN)cc2Br)o1. The number of hydrogen-bond acceptors (Lipinski definition) is 5. The molecule has 4 nitrogen and oxygen atoms in total. The Kier molecular flexibility index (Phi) is 4.20. The Labute approximate surface area is 112 Å². The number of aromatic nitrogens is 2. The van der Waals surface area contributed by atoms with E-state index < -0.39 is 0 Å². The topological polar surface area (TPSA) is 64.9 Å². The molecule has 2 aromatic rings. The molecule has 1 heterocycles. The van der Waals surface area contributed by atoms with Gasteiger partial charge in [-0.15, -0.1) is 10.2 Å². The van der Waals surface area contributed by atoms with Crippen molar-refractivity contribution in [2.45, 2.75) is 23.5 Å². The molecule has 1 aromatic carbocycles. The second kappa shape index (κ2) is 5.66. The van der Waals surface area contributed by atoms with Gasteiger partial charge in [0, 0.05) is 16.3 Å². The summed E-state index contributed by atoms with van der Waals surface area (Å²) in [5.41, 5.74) is 6.73. The number of benzene rings is 1. The second-order valence-electron chi connectivity index (χ2n) is 3.49. The molecule has 0 spiro atoms. The van der Waals surface area contributed by atoms with Crippen LogP contribution in [0.4, 0.5) is 0 Å². The van der Waals surface area contributed by atoms with Gasteiger partial charge in [-0.1, -0.05) is 6.07 Å². The molecule has 0 aliphatic rings. The van der Waals surface area contributed by atoms with E-state index in [4.69, 9.17) is 10.2 Å². The van der Waals surface area contributed by atoms with Gasteiger partial charge >= 0.3 is 0 Å². The standard InChI is InChI=1S/C11H12BrN3OS/c1-7-14-15-11(16-7)17-10-3-2-8(4-5-13)6-9(10)12/h2-3,6H,4-5,13H2,1H3. The molecule has 0 saturated carbocycles. The lowest BCUT2D eigenvalue weighted by Gasteiger charge is -2.04. The van der Waals surface area contributed by atoms with Crippen LogP contribution in [0.2, 0.25) is 0 Å². The Hall–Kier alpha value is -0.850. The average molecular weight is 314 g/mol. The first-order chi connectivity index (χ1) is 8.19. The summed E-state index contributed by atoms with van der Waals surface area (Å²) in [7, 11) is 0. The van der Waals surface area contributed by atoms with Crippen molar-refractivity contribution in [1.29, 1.82) is 0 Å². The summed E-state index contributed by atoms with van der Waals surface area (Å²) < 4.78 is 6.34. The third-order valence-corrected chi connectivity index (χ3v) is 3.97. The summed E-state index contributed by atoms with van der Waals surface area (Å²) in [4.78, 5) is 1.05. The van der Waals surface area contributed by atoms with E-state index in [1.807, 2.05) is 6.07 Å². The third-order valence-electron chi connectivity index (χ3n) is 2.13. The molecular formula is C11H12BrN3OS. The lowest BCUT2D eigenvalue weighted by molar-refractivity contribution is 0.429. The van der Waals surface area contributed by atoms with Crippen LogP contribution in [-0.2, 0) is 6.42 Å². The van der Waals surface area contributed by atoms with E-state index >= 15 is 0 Å². The van der Waals surface area contributed by atoms with Crippen LogP contribution in [0.15, 0.2) is 37.2 Å². The van der Waals surface area contributed by atoms with Crippen molar-refractivity contribution in [3.8, 4) is 0 Å². The minimum absolute atomic E-state index is 0.551. The predicted molar refractivity (Wildman–Crippen MR) is 70.1 cm³/mol. The molecule has 0 aliphatic heterocycles. The summed E-state index contributed by atoms with van der Waals surface area (Å²) in [6.45, 7) is 2.43. The lowest BCUT2D eigenvalue weighted by atomic mass is 10.2. The zero-order valence-electron chi connectivity index (χ0n) is 9.31. The Balaban J connectivity index is 2.16. The van der Waals surface area contributed by atoms with E-state index in [9.17, 15) is 0 Å². The van der Waals surface area contributed by atoms with Crippen molar-refractivity contribution < 1.29 is 4.42 Å². The fourth-order valence-corrected chi connectivity index (χ4v) is 2.76. The molecule has 0 amide bonds. The van der Waals surface area contributed by atoms with Crippen molar-refractivity contribution in [1.82, 2.24) is 10.2 Å². The van der Waals surface area contributed by atoms with E-state index in [-0.39, 0.29) is 0 Å². The van der Waals surface area contributed by atoms with Crippen molar-refractivity contribution in [3.63, 3.8) is 0 Å². The Bertz CT molecular complexity index is 515. The number of hydrogen-bond donors (Lipinski definition) is 1. The first-order valence-electron chi connectivity index (χ1n) is 5.15. The van der Waals surface area contributed by atoms with Gasteiger partial charge in [-0.3, -0.25) is 0 Å². The van der Waals surface area contributed by atoms with Crippen molar-refractivity contribution in [2.24, 2.45) is 5.73 Å². The van der Waals surface area contributed by atoms with Crippen LogP contribution >= 0.6 is 27.7 Å². The quantitative estimate of drug-likeness (QED) is 0.940. The number of aryl methyl sites for hydroxylation is 1. The summed E-state index contributed by atoms with van der Waals surface area (Å²) in [6, 6.07) is 6.15. The molecule has 2 N–H and O–H groups in total. The van der Waals surface area contributed by atoms with Crippen LogP contribution in [0.1, 0.15) is 11.5 Å². The van der Waals surface area contributed by atoms with Crippen LogP contribution in [0.3, 0.4) is 0 Å². The zero-order valence-corrected chi connectivity index (χ0v) is 11.7. The van der Waals surface area contributed by atoms with Crippen molar-refractivity contribution in [2.75, 3.05) is 6.54 Å². The van der Waals surface area contributed by atoms with Gasteiger partial charge in [0.1, 0.15) is 0 Å². The van der Waals surface area contributed by atoms with Gasteiger partial charge in [0.15, 0.2) is 0 Å². The van der Waals surface area contributed by atoms with Gasteiger partial charge in [-0.05, 0) is 58.4 Å². The van der Waals surface area contributed by atoms with Crippen LogP contribution in [0.5, 0.6) is 0 Å². The molecule has 90 valence electrons. The maximum Gasteiger partial charge on any atom is 0.281 e. The molecule has 0 atom stereocenters. The zero-order chi connectivity index (χ0) is 12.3. The van der Waals surface area contributed by atoms with Gasteiger partial charge in [0.25, 0.3) is 5.22 Å². The highest BCUT2D eigenvalue weighted by molar-refractivity contribution is 9.10. The Morgan fingerprint density at radius 3 is 2.82 bits per heavy atom. The third kappa shape index (κ3) is 3.31. The minimum Gasteiger partial charge on any atom is -0.416 e. The first kappa shape index (κ1) is 12.6. The molecule has 0 bridgehead atoms. The summed E-state index contributed by atoms with van der Waals surface area (Å²) >= 11 is 4.97. The van der Waals surface area contributed by atoms with Crippen LogP contribution in [0.25, 0.3) is 0 Å². The van der Waals surface area contributed by atoms with E-state index in [1.54, 1.807) is 6.92 Å². The smallest absolute Gasteiger partial charge is 0.281 e. The molecule has 0 saturated heterocycles. The molecule has 0 unspecified atom stereocenters. The normalized spacial score (nSPS) is 10.8. The highest BCUT2D eigenvalue weighted by atomic mass is 79.9. The Morgan fingerprint density at radius 2 is 2.24 bits per heavy atom. The van der Waals surface area contributed by atoms with E-state index in [0.717, 1.165) is 15.8 Å². The minimum atomic E-state index is 0.551. The molecule has 0 aliphatic carbocycles. The van der Waals surface area contributed by atoms with E-state index in [1.165, 1.54) is 17.3 Å². The first-order valence-corrected chi connectivity index (χ1v) is 6.76. The average Bonchev–Trinajstić information content (AvgIpc) is 2.69. The summed E-state index contributed by atoms with van der Waals surface area (Å²) in [5.74, 6) is 0.573. The van der Waals surface area contributed by atoms with Crippen LogP contribution in [-0.4, -0.2) is 16.7 Å². The number of nitrogens with zero attached hydrogens (tertiary/aromatic N) is 2. The molecule has 0 fully saturated rings. The van der Waals surface area contributed by atoms with Gasteiger partial charge in [-0.2, -0.15) is 0 Å². The summed E-state index contributed by atoms with van der Waals surface area (Å²) in [6.07, 6.45) is 0.878.